The molecule has 3 aromatic carbocycles. The van der Waals surface area contributed by atoms with Gasteiger partial charge in [0.25, 0.3) is 0 Å². The van der Waals surface area contributed by atoms with Crippen LogP contribution in [-0.2, 0) is 30.5 Å². The van der Waals surface area contributed by atoms with Gasteiger partial charge in [0.15, 0.2) is 0 Å². The Morgan fingerprint density at radius 1 is 0.714 bits per heavy atom. The Hall–Kier alpha value is -2.67. The number of aryl methyl sites for hydroxylation is 3. The van der Waals surface area contributed by atoms with Gasteiger partial charge in [-0.2, -0.15) is 0 Å². The number of rotatable bonds is 8. The van der Waals surface area contributed by atoms with Gasteiger partial charge >= 0.3 is 0 Å². The molecule has 0 radical (unpaired) electrons. The third-order valence-electron chi connectivity index (χ3n) is 5.33. The van der Waals surface area contributed by atoms with Crippen LogP contribution in [0.1, 0.15) is 48.1 Å². The predicted octanol–water partition coefficient (Wildman–Crippen LogP) is 6.53. The molecule has 0 aliphatic rings. The van der Waals surface area contributed by atoms with E-state index in [2.05, 4.69) is 87.5 Å². The van der Waals surface area contributed by atoms with E-state index in [4.69, 9.17) is 0 Å². The van der Waals surface area contributed by atoms with Crippen LogP contribution < -0.4 is 0 Å². The maximum Gasteiger partial charge on any atom is 0.141 e. The third kappa shape index (κ3) is 5.19. The van der Waals surface area contributed by atoms with Crippen molar-refractivity contribution in [2.24, 2.45) is 0 Å². The lowest BCUT2D eigenvalue weighted by Crippen LogP contribution is -2.07. The molecule has 0 unspecified atom stereocenters. The first kappa shape index (κ1) is 20.1. The zero-order valence-electron chi connectivity index (χ0n) is 17.3. The SMILES string of the molecule is CCCc1ccc(CC(=O)Cc2ccc(-c3ccc(CC)cc3)c(C)c2)cc1. The van der Waals surface area contributed by atoms with Crippen molar-refractivity contribution in [1.82, 2.24) is 0 Å². The van der Waals surface area contributed by atoms with Gasteiger partial charge in [0.05, 0.1) is 0 Å². The molecule has 1 heteroatoms. The zero-order valence-corrected chi connectivity index (χ0v) is 17.3. The van der Waals surface area contributed by atoms with Gasteiger partial charge < -0.3 is 0 Å². The van der Waals surface area contributed by atoms with Crippen molar-refractivity contribution >= 4 is 5.78 Å². The van der Waals surface area contributed by atoms with Crippen molar-refractivity contribution in [2.75, 3.05) is 0 Å². The third-order valence-corrected chi connectivity index (χ3v) is 5.33. The lowest BCUT2D eigenvalue weighted by atomic mass is 9.95. The van der Waals surface area contributed by atoms with Crippen molar-refractivity contribution < 1.29 is 4.79 Å². The fourth-order valence-electron chi connectivity index (χ4n) is 3.71. The highest BCUT2D eigenvalue weighted by molar-refractivity contribution is 5.83. The molecule has 0 heterocycles. The first-order valence-corrected chi connectivity index (χ1v) is 10.4. The van der Waals surface area contributed by atoms with E-state index in [1.807, 2.05) is 0 Å². The Bertz CT molecular complexity index is 917. The van der Waals surface area contributed by atoms with Gasteiger partial charge in [-0.1, -0.05) is 87.0 Å². The van der Waals surface area contributed by atoms with Crippen molar-refractivity contribution in [2.45, 2.75) is 52.9 Å². The smallest absolute Gasteiger partial charge is 0.141 e. The molecule has 3 rings (SSSR count). The second kappa shape index (κ2) is 9.50. The second-order valence-corrected chi connectivity index (χ2v) is 7.66. The van der Waals surface area contributed by atoms with Crippen LogP contribution in [0.5, 0.6) is 0 Å². The van der Waals surface area contributed by atoms with E-state index in [9.17, 15) is 4.79 Å². The molecule has 0 bridgehead atoms. The summed E-state index contributed by atoms with van der Waals surface area (Å²) in [6.07, 6.45) is 4.30. The van der Waals surface area contributed by atoms with Crippen LogP contribution in [0, 0.1) is 6.92 Å². The van der Waals surface area contributed by atoms with Crippen molar-refractivity contribution in [3.8, 4) is 11.1 Å². The number of benzene rings is 3. The van der Waals surface area contributed by atoms with Crippen LogP contribution in [0.15, 0.2) is 66.7 Å². The lowest BCUT2D eigenvalue weighted by molar-refractivity contribution is -0.117. The standard InChI is InChI=1S/C27H30O/c1-4-6-22-7-9-23(10-8-22)18-26(28)19-24-13-16-27(20(3)17-24)25-14-11-21(5-2)12-15-25/h7-17H,4-6,18-19H2,1-3H3. The normalized spacial score (nSPS) is 10.8. The van der Waals surface area contributed by atoms with Gasteiger partial charge in [-0.25, -0.2) is 0 Å². The molecule has 144 valence electrons. The summed E-state index contributed by atoms with van der Waals surface area (Å²) in [5, 5.41) is 0. The van der Waals surface area contributed by atoms with E-state index in [-0.39, 0.29) is 5.78 Å². The molecule has 0 spiro atoms. The van der Waals surface area contributed by atoms with E-state index in [1.165, 1.54) is 27.8 Å². The molecule has 0 atom stereocenters. The maximum atomic E-state index is 12.5. The minimum absolute atomic E-state index is 0.266. The maximum absolute atomic E-state index is 12.5. The molecule has 0 aromatic heterocycles. The van der Waals surface area contributed by atoms with E-state index in [0.29, 0.717) is 12.8 Å². The van der Waals surface area contributed by atoms with Crippen LogP contribution >= 0.6 is 0 Å². The lowest BCUT2D eigenvalue weighted by Gasteiger charge is -2.10. The molecule has 1 nitrogen and oxygen atoms in total. The van der Waals surface area contributed by atoms with Crippen molar-refractivity contribution in [3.05, 3.63) is 94.5 Å². The number of hydrogen-bond acceptors (Lipinski definition) is 1. The van der Waals surface area contributed by atoms with Crippen LogP contribution in [-0.4, -0.2) is 5.78 Å². The summed E-state index contributed by atoms with van der Waals surface area (Å²) in [7, 11) is 0. The Kier molecular flexibility index (Phi) is 6.81. The fraction of sp³-hybridized carbons (Fsp3) is 0.296. The molecule has 0 amide bonds. The average molecular weight is 371 g/mol. The summed E-state index contributed by atoms with van der Waals surface area (Å²) < 4.78 is 0. The molecule has 3 aromatic rings. The van der Waals surface area contributed by atoms with E-state index < -0.39 is 0 Å². The van der Waals surface area contributed by atoms with Crippen LogP contribution in [0.3, 0.4) is 0 Å². The van der Waals surface area contributed by atoms with Crippen LogP contribution in [0.2, 0.25) is 0 Å². The van der Waals surface area contributed by atoms with E-state index >= 15 is 0 Å². The minimum Gasteiger partial charge on any atom is -0.299 e. The van der Waals surface area contributed by atoms with Gasteiger partial charge in [0, 0.05) is 12.8 Å². The molecule has 0 saturated heterocycles. The van der Waals surface area contributed by atoms with Crippen molar-refractivity contribution in [1.29, 1.82) is 0 Å². The van der Waals surface area contributed by atoms with Crippen LogP contribution in [0.25, 0.3) is 11.1 Å². The fourth-order valence-corrected chi connectivity index (χ4v) is 3.71. The molecular formula is C27H30O. The van der Waals surface area contributed by atoms with Gasteiger partial charge in [-0.3, -0.25) is 4.79 Å². The van der Waals surface area contributed by atoms with Crippen molar-refractivity contribution in [3.63, 3.8) is 0 Å². The molecule has 0 saturated carbocycles. The van der Waals surface area contributed by atoms with E-state index in [1.54, 1.807) is 0 Å². The molecule has 0 N–H and O–H groups in total. The molecule has 0 aliphatic heterocycles. The largest absolute Gasteiger partial charge is 0.299 e. The highest BCUT2D eigenvalue weighted by Gasteiger charge is 2.08. The Balaban J connectivity index is 1.65. The summed E-state index contributed by atoms with van der Waals surface area (Å²) in [4.78, 5) is 12.5. The topological polar surface area (TPSA) is 17.1 Å². The molecule has 28 heavy (non-hydrogen) atoms. The van der Waals surface area contributed by atoms with Crippen LogP contribution in [0.4, 0.5) is 0 Å². The average Bonchev–Trinajstić information content (AvgIpc) is 2.70. The number of ketones is 1. The monoisotopic (exact) mass is 370 g/mol. The summed E-state index contributed by atoms with van der Waals surface area (Å²) >= 11 is 0. The Labute approximate surface area is 169 Å². The predicted molar refractivity (Wildman–Crippen MR) is 119 cm³/mol. The van der Waals surface area contributed by atoms with Gasteiger partial charge in [0.2, 0.25) is 0 Å². The highest BCUT2D eigenvalue weighted by Crippen LogP contribution is 2.25. The Morgan fingerprint density at radius 3 is 1.89 bits per heavy atom. The zero-order chi connectivity index (χ0) is 19.9. The first-order chi connectivity index (χ1) is 13.6. The number of hydrogen-bond donors (Lipinski definition) is 0. The molecule has 0 fully saturated rings. The summed E-state index contributed by atoms with van der Waals surface area (Å²) in [5.41, 5.74) is 8.60. The van der Waals surface area contributed by atoms with Gasteiger partial charge in [0.1, 0.15) is 5.78 Å². The second-order valence-electron chi connectivity index (χ2n) is 7.66. The first-order valence-electron chi connectivity index (χ1n) is 10.4. The number of carbonyl (C=O) groups excluding carboxylic acids is 1. The summed E-state index contributed by atoms with van der Waals surface area (Å²) in [6.45, 7) is 6.49. The quantitative estimate of drug-likeness (QED) is 0.440. The van der Waals surface area contributed by atoms with E-state index in [0.717, 1.165) is 30.4 Å². The molecular weight excluding hydrogens is 340 g/mol. The van der Waals surface area contributed by atoms with Gasteiger partial charge in [-0.05, 0) is 58.7 Å². The van der Waals surface area contributed by atoms with Gasteiger partial charge in [-0.15, -0.1) is 0 Å². The summed E-state index contributed by atoms with van der Waals surface area (Å²) in [5.74, 6) is 0.266. The number of Topliss-reactive ketones (excluding diaryl/α,β-unsaturated/α-hetero) is 1. The Morgan fingerprint density at radius 2 is 1.29 bits per heavy atom. The summed E-state index contributed by atoms with van der Waals surface area (Å²) in [6, 6.07) is 23.7. The number of carbonyl (C=O) groups is 1. The molecule has 0 aliphatic carbocycles. The highest BCUT2D eigenvalue weighted by atomic mass is 16.1. The minimum atomic E-state index is 0.266.